The monoisotopic (exact) mass is 450 g/mol. The summed E-state index contributed by atoms with van der Waals surface area (Å²) in [7, 11) is 0. The van der Waals surface area contributed by atoms with Crippen molar-refractivity contribution in [1.82, 2.24) is 0 Å². The molecule has 3 unspecified atom stereocenters. The predicted octanol–water partition coefficient (Wildman–Crippen LogP) is 10.8. The van der Waals surface area contributed by atoms with Gasteiger partial charge in [0.2, 0.25) is 0 Å². The lowest BCUT2D eigenvalue weighted by molar-refractivity contribution is -0.00477. The Hall–Kier alpha value is -0.0400. The molecule has 3 saturated carbocycles. The zero-order chi connectivity index (χ0) is 23.7. The van der Waals surface area contributed by atoms with Gasteiger partial charge in [0.25, 0.3) is 0 Å². The molecule has 0 spiro atoms. The van der Waals surface area contributed by atoms with E-state index in [0.29, 0.717) is 0 Å². The van der Waals surface area contributed by atoms with Crippen LogP contribution in [0, 0.1) is 23.7 Å². The molecule has 32 heavy (non-hydrogen) atoms. The average Bonchev–Trinajstić information content (AvgIpc) is 3.42. The van der Waals surface area contributed by atoms with Crippen LogP contribution in [0.2, 0.25) is 0 Å². The number of rotatable bonds is 10. The molecule has 1 heteroatoms. The van der Waals surface area contributed by atoms with Gasteiger partial charge in [-0.3, -0.25) is 0 Å². The zero-order valence-electron chi connectivity index (χ0n) is 23.4. The van der Waals surface area contributed by atoms with Gasteiger partial charge in [-0.2, -0.15) is 0 Å². The van der Waals surface area contributed by atoms with E-state index >= 15 is 0 Å². The quantitative estimate of drug-likeness (QED) is 0.301. The van der Waals surface area contributed by atoms with Crippen LogP contribution in [-0.4, -0.2) is 12.2 Å². The van der Waals surface area contributed by atoms with Crippen molar-refractivity contribution in [2.75, 3.05) is 6.61 Å². The number of hydrogen-bond donors (Lipinski definition) is 0. The number of ether oxygens (including phenoxy) is 1. The van der Waals surface area contributed by atoms with Crippen LogP contribution in [-0.2, 0) is 4.74 Å². The first-order chi connectivity index (χ1) is 15.4. The second-order valence-electron chi connectivity index (χ2n) is 12.2. The van der Waals surface area contributed by atoms with Gasteiger partial charge in [0.05, 0.1) is 5.60 Å². The summed E-state index contributed by atoms with van der Waals surface area (Å²) in [6, 6.07) is 0. The van der Waals surface area contributed by atoms with Gasteiger partial charge in [-0.1, -0.05) is 117 Å². The third-order valence-corrected chi connectivity index (χ3v) is 7.93. The third-order valence-electron chi connectivity index (χ3n) is 7.93. The van der Waals surface area contributed by atoms with Gasteiger partial charge in [0, 0.05) is 6.61 Å². The summed E-state index contributed by atoms with van der Waals surface area (Å²) >= 11 is 0. The average molecular weight is 451 g/mol. The molecule has 3 rings (SSSR count). The second kappa shape index (κ2) is 18.3. The Labute approximate surface area is 204 Å². The maximum Gasteiger partial charge on any atom is 0.0598 e. The lowest BCUT2D eigenvalue weighted by Gasteiger charge is -2.29. The fourth-order valence-electron chi connectivity index (χ4n) is 6.25. The van der Waals surface area contributed by atoms with E-state index in [1.807, 2.05) is 0 Å². The summed E-state index contributed by atoms with van der Waals surface area (Å²) in [4.78, 5) is 0. The summed E-state index contributed by atoms with van der Waals surface area (Å²) in [5.41, 5.74) is 0.0415. The minimum absolute atomic E-state index is 0.0415. The standard InChI is InChI=1S/C19H36O.C9H18.C3H8/c1-19(2,3)20-15-9-5-4-6-10-16-13-14-17-11-7-8-12-18(16)17;1-2-3-6-9-7-4-5-8-9;1-3-2/h16-18H,4-15H2,1-3H3;9H,2-8H2,1H3;3H2,1-2H3. The summed E-state index contributed by atoms with van der Waals surface area (Å²) in [5, 5.41) is 0. The van der Waals surface area contributed by atoms with E-state index < -0.39 is 0 Å². The normalized spacial score (nSPS) is 25.5. The Morgan fingerprint density at radius 2 is 1.28 bits per heavy atom. The lowest BCUT2D eigenvalue weighted by Crippen LogP contribution is -2.19. The van der Waals surface area contributed by atoms with Crippen LogP contribution in [0.25, 0.3) is 0 Å². The van der Waals surface area contributed by atoms with E-state index in [4.69, 9.17) is 4.74 Å². The Morgan fingerprint density at radius 1 is 0.656 bits per heavy atom. The molecule has 192 valence electrons. The minimum atomic E-state index is 0.0415. The molecule has 0 saturated heterocycles. The van der Waals surface area contributed by atoms with Gasteiger partial charge in [0.1, 0.15) is 0 Å². The highest BCUT2D eigenvalue weighted by Gasteiger charge is 2.36. The molecule has 0 radical (unpaired) electrons. The molecular weight excluding hydrogens is 388 g/mol. The van der Waals surface area contributed by atoms with Crippen molar-refractivity contribution in [2.45, 2.75) is 169 Å². The summed E-state index contributed by atoms with van der Waals surface area (Å²) < 4.78 is 5.78. The highest BCUT2D eigenvalue weighted by Crippen LogP contribution is 2.47. The van der Waals surface area contributed by atoms with E-state index in [2.05, 4.69) is 41.5 Å². The van der Waals surface area contributed by atoms with Gasteiger partial charge in [-0.05, 0) is 70.1 Å². The summed E-state index contributed by atoms with van der Waals surface area (Å²) in [5.74, 6) is 4.44. The molecule has 0 bridgehead atoms. The van der Waals surface area contributed by atoms with Crippen LogP contribution in [0.4, 0.5) is 0 Å². The minimum Gasteiger partial charge on any atom is -0.376 e. The molecule has 0 aromatic carbocycles. The zero-order valence-corrected chi connectivity index (χ0v) is 23.4. The molecular formula is C31H62O. The first kappa shape index (κ1) is 30.0. The fraction of sp³-hybridized carbons (Fsp3) is 1.00. The van der Waals surface area contributed by atoms with Crippen molar-refractivity contribution >= 4 is 0 Å². The molecule has 3 aliphatic rings. The highest BCUT2D eigenvalue weighted by atomic mass is 16.5. The Balaban J connectivity index is 0.000000354. The molecule has 1 nitrogen and oxygen atoms in total. The Kier molecular flexibility index (Phi) is 17.2. The van der Waals surface area contributed by atoms with Gasteiger partial charge in [-0.15, -0.1) is 0 Å². The second-order valence-corrected chi connectivity index (χ2v) is 12.2. The Morgan fingerprint density at radius 3 is 1.94 bits per heavy atom. The van der Waals surface area contributed by atoms with Crippen molar-refractivity contribution in [3.05, 3.63) is 0 Å². The molecule has 0 amide bonds. The lowest BCUT2D eigenvalue weighted by atomic mass is 9.77. The van der Waals surface area contributed by atoms with Crippen molar-refractivity contribution in [2.24, 2.45) is 23.7 Å². The molecule has 3 atom stereocenters. The largest absolute Gasteiger partial charge is 0.376 e. The summed E-state index contributed by atoms with van der Waals surface area (Å²) in [6.07, 6.45) is 27.9. The molecule has 3 fully saturated rings. The SMILES string of the molecule is CC(C)(C)OCCCCCCC1CCC2CCCCC12.CCC.CCCCC1CCCC1. The van der Waals surface area contributed by atoms with Crippen molar-refractivity contribution in [1.29, 1.82) is 0 Å². The van der Waals surface area contributed by atoms with E-state index in [-0.39, 0.29) is 5.60 Å². The van der Waals surface area contributed by atoms with Crippen LogP contribution in [0.1, 0.15) is 164 Å². The van der Waals surface area contributed by atoms with Crippen LogP contribution in [0.3, 0.4) is 0 Å². The topological polar surface area (TPSA) is 9.23 Å². The molecule has 3 aliphatic carbocycles. The first-order valence-electron chi connectivity index (χ1n) is 15.0. The van der Waals surface area contributed by atoms with Gasteiger partial charge in [-0.25, -0.2) is 0 Å². The van der Waals surface area contributed by atoms with Crippen molar-refractivity contribution < 1.29 is 4.74 Å². The van der Waals surface area contributed by atoms with Gasteiger partial charge >= 0.3 is 0 Å². The van der Waals surface area contributed by atoms with Crippen LogP contribution in [0.15, 0.2) is 0 Å². The Bertz CT molecular complexity index is 403. The maximum absolute atomic E-state index is 5.78. The maximum atomic E-state index is 5.78. The van der Waals surface area contributed by atoms with Gasteiger partial charge in [0.15, 0.2) is 0 Å². The van der Waals surface area contributed by atoms with E-state index in [1.54, 1.807) is 25.7 Å². The molecule has 0 N–H and O–H groups in total. The van der Waals surface area contributed by atoms with Crippen molar-refractivity contribution in [3.63, 3.8) is 0 Å². The van der Waals surface area contributed by atoms with E-state index in [9.17, 15) is 0 Å². The molecule has 0 aromatic rings. The van der Waals surface area contributed by atoms with Crippen LogP contribution < -0.4 is 0 Å². The number of unbranched alkanes of at least 4 members (excludes halogenated alkanes) is 4. The predicted molar refractivity (Wildman–Crippen MR) is 144 cm³/mol. The molecule has 0 heterocycles. The van der Waals surface area contributed by atoms with Crippen LogP contribution in [0.5, 0.6) is 0 Å². The van der Waals surface area contributed by atoms with Gasteiger partial charge < -0.3 is 4.74 Å². The third kappa shape index (κ3) is 14.3. The number of fused-ring (bicyclic) bond motifs is 1. The van der Waals surface area contributed by atoms with E-state index in [1.165, 1.54) is 96.3 Å². The number of hydrogen-bond acceptors (Lipinski definition) is 1. The highest BCUT2D eigenvalue weighted by molar-refractivity contribution is 4.87. The van der Waals surface area contributed by atoms with E-state index in [0.717, 1.165) is 30.3 Å². The molecule has 0 aliphatic heterocycles. The van der Waals surface area contributed by atoms with Crippen molar-refractivity contribution in [3.8, 4) is 0 Å². The molecule has 0 aromatic heterocycles. The van der Waals surface area contributed by atoms with Crippen LogP contribution >= 0.6 is 0 Å². The summed E-state index contributed by atoms with van der Waals surface area (Å²) in [6.45, 7) is 13.9. The fourth-order valence-corrected chi connectivity index (χ4v) is 6.25. The first-order valence-corrected chi connectivity index (χ1v) is 15.0. The smallest absolute Gasteiger partial charge is 0.0598 e.